The van der Waals surface area contributed by atoms with E-state index in [1.54, 1.807) is 43.3 Å². The maximum atomic E-state index is 13.7. The van der Waals surface area contributed by atoms with E-state index in [2.05, 4.69) is 5.32 Å². The monoisotopic (exact) mass is 529 g/mol. The number of carbonyl (C=O) groups is 2. The average Bonchev–Trinajstić information content (AvgIpc) is 2.84. The molecule has 0 heterocycles. The Morgan fingerprint density at radius 3 is 2.22 bits per heavy atom. The summed E-state index contributed by atoms with van der Waals surface area (Å²) < 4.78 is 26.8. The Hall–Kier alpha value is -3.10. The highest BCUT2D eigenvalue weighted by Gasteiger charge is 2.30. The van der Waals surface area contributed by atoms with Gasteiger partial charge in [-0.1, -0.05) is 74.0 Å². The number of nitrogens with one attached hydrogen (secondary N) is 1. The van der Waals surface area contributed by atoms with Gasteiger partial charge >= 0.3 is 0 Å². The predicted octanol–water partition coefficient (Wildman–Crippen LogP) is 4.45. The van der Waals surface area contributed by atoms with Crippen LogP contribution in [0.15, 0.2) is 66.7 Å². The van der Waals surface area contributed by atoms with Crippen LogP contribution in [0.1, 0.15) is 26.3 Å². The van der Waals surface area contributed by atoms with Crippen molar-refractivity contribution in [3.05, 3.63) is 77.3 Å². The molecule has 3 aromatic carbocycles. The Bertz CT molecular complexity index is 1320. The van der Waals surface area contributed by atoms with Gasteiger partial charge in [0.15, 0.2) is 0 Å². The Balaban J connectivity index is 1.96. The fraction of sp³-hybridized carbons (Fsp3) is 0.333. The average molecular weight is 530 g/mol. The Morgan fingerprint density at radius 2 is 1.58 bits per heavy atom. The van der Waals surface area contributed by atoms with E-state index in [4.69, 9.17) is 11.6 Å². The molecule has 1 atom stereocenters. The van der Waals surface area contributed by atoms with Crippen molar-refractivity contribution >= 4 is 49.9 Å². The zero-order valence-corrected chi connectivity index (χ0v) is 22.5. The van der Waals surface area contributed by atoms with Gasteiger partial charge < -0.3 is 10.2 Å². The Morgan fingerprint density at radius 1 is 0.944 bits per heavy atom. The topological polar surface area (TPSA) is 86.8 Å². The van der Waals surface area contributed by atoms with E-state index in [1.807, 2.05) is 44.2 Å². The fourth-order valence-corrected chi connectivity index (χ4v) is 4.83. The van der Waals surface area contributed by atoms with Crippen molar-refractivity contribution < 1.29 is 18.0 Å². The van der Waals surface area contributed by atoms with Gasteiger partial charge in [0.1, 0.15) is 12.6 Å². The van der Waals surface area contributed by atoms with Gasteiger partial charge in [0.2, 0.25) is 21.8 Å². The molecule has 0 bridgehead atoms. The van der Waals surface area contributed by atoms with Crippen molar-refractivity contribution in [3.63, 3.8) is 0 Å². The molecule has 0 saturated heterocycles. The van der Waals surface area contributed by atoms with Gasteiger partial charge in [-0.05, 0) is 42.0 Å². The highest BCUT2D eigenvalue weighted by molar-refractivity contribution is 7.92. The maximum Gasteiger partial charge on any atom is 0.244 e. The van der Waals surface area contributed by atoms with Gasteiger partial charge in [-0.2, -0.15) is 0 Å². The molecule has 0 aliphatic heterocycles. The van der Waals surface area contributed by atoms with E-state index in [0.29, 0.717) is 22.6 Å². The molecule has 2 amide bonds. The van der Waals surface area contributed by atoms with Crippen molar-refractivity contribution in [1.82, 2.24) is 10.2 Å². The molecule has 0 aromatic heterocycles. The summed E-state index contributed by atoms with van der Waals surface area (Å²) >= 11 is 6.01. The summed E-state index contributed by atoms with van der Waals surface area (Å²) in [5.74, 6) is -0.550. The number of hydrogen-bond acceptors (Lipinski definition) is 4. The summed E-state index contributed by atoms with van der Waals surface area (Å²) in [6.07, 6.45) is 1.07. The quantitative estimate of drug-likeness (QED) is 0.420. The fourth-order valence-electron chi connectivity index (χ4n) is 3.84. The molecule has 3 aromatic rings. The van der Waals surface area contributed by atoms with E-state index in [-0.39, 0.29) is 18.4 Å². The maximum absolute atomic E-state index is 13.7. The second kappa shape index (κ2) is 11.8. The first-order valence-corrected chi connectivity index (χ1v) is 14.0. The highest BCUT2D eigenvalue weighted by Crippen LogP contribution is 2.28. The molecule has 0 saturated carbocycles. The smallest absolute Gasteiger partial charge is 0.244 e. The van der Waals surface area contributed by atoms with Crippen molar-refractivity contribution in [2.45, 2.75) is 33.4 Å². The SMILES string of the molecule is CC(C)CNC(=O)C(C)N(Cc1ccc(Cl)cc1)C(=O)CN(c1cccc2ccccc12)S(C)(=O)=O. The summed E-state index contributed by atoms with van der Waals surface area (Å²) in [4.78, 5) is 28.0. The third-order valence-electron chi connectivity index (χ3n) is 5.83. The standard InChI is InChI=1S/C27H32ClN3O4S/c1-19(2)16-29-27(33)20(3)30(17-21-12-14-23(28)15-13-21)26(32)18-31(36(4,34)35)25-11-7-9-22-8-5-6-10-24(22)25/h5-15,19-20H,16-18H2,1-4H3,(H,29,33). The number of fused-ring (bicyclic) bond motifs is 1. The lowest BCUT2D eigenvalue weighted by molar-refractivity contribution is -0.139. The molecule has 36 heavy (non-hydrogen) atoms. The number of rotatable bonds is 10. The third kappa shape index (κ3) is 6.98. The number of carbonyl (C=O) groups excluding carboxylic acids is 2. The number of hydrogen-bond donors (Lipinski definition) is 1. The molecule has 3 rings (SSSR count). The van der Waals surface area contributed by atoms with Crippen LogP contribution in [0.4, 0.5) is 5.69 Å². The molecule has 1 N–H and O–H groups in total. The van der Waals surface area contributed by atoms with Crippen LogP contribution in [-0.2, 0) is 26.2 Å². The Kier molecular flexibility index (Phi) is 8.98. The number of anilines is 1. The third-order valence-corrected chi connectivity index (χ3v) is 7.21. The first kappa shape index (κ1) is 27.5. The summed E-state index contributed by atoms with van der Waals surface area (Å²) in [5.41, 5.74) is 1.18. The first-order valence-electron chi connectivity index (χ1n) is 11.7. The van der Waals surface area contributed by atoms with Crippen LogP contribution in [-0.4, -0.2) is 50.5 Å². The van der Waals surface area contributed by atoms with Gasteiger partial charge in [0.25, 0.3) is 0 Å². The summed E-state index contributed by atoms with van der Waals surface area (Å²) in [6, 6.07) is 18.9. The molecule has 7 nitrogen and oxygen atoms in total. The van der Waals surface area contributed by atoms with E-state index in [0.717, 1.165) is 21.5 Å². The lowest BCUT2D eigenvalue weighted by Gasteiger charge is -2.32. The zero-order valence-electron chi connectivity index (χ0n) is 20.9. The van der Waals surface area contributed by atoms with Crippen LogP contribution in [0.3, 0.4) is 0 Å². The highest BCUT2D eigenvalue weighted by atomic mass is 35.5. The van der Waals surface area contributed by atoms with Crippen molar-refractivity contribution in [2.75, 3.05) is 23.7 Å². The number of amides is 2. The molecule has 192 valence electrons. The largest absolute Gasteiger partial charge is 0.354 e. The van der Waals surface area contributed by atoms with E-state index < -0.39 is 28.5 Å². The molecular formula is C27H32ClN3O4S. The minimum Gasteiger partial charge on any atom is -0.354 e. The van der Waals surface area contributed by atoms with Gasteiger partial charge in [-0.25, -0.2) is 8.42 Å². The van der Waals surface area contributed by atoms with Crippen LogP contribution in [0.2, 0.25) is 5.02 Å². The second-order valence-corrected chi connectivity index (χ2v) is 11.6. The summed E-state index contributed by atoms with van der Waals surface area (Å²) in [6.45, 7) is 5.76. The molecule has 0 radical (unpaired) electrons. The first-order chi connectivity index (χ1) is 17.0. The van der Waals surface area contributed by atoms with Crippen LogP contribution < -0.4 is 9.62 Å². The number of nitrogens with zero attached hydrogens (tertiary/aromatic N) is 2. The zero-order chi connectivity index (χ0) is 26.5. The van der Waals surface area contributed by atoms with Crippen LogP contribution in [0, 0.1) is 5.92 Å². The lowest BCUT2D eigenvalue weighted by atomic mass is 10.1. The van der Waals surface area contributed by atoms with E-state index >= 15 is 0 Å². The van der Waals surface area contributed by atoms with Crippen LogP contribution in [0.5, 0.6) is 0 Å². The van der Waals surface area contributed by atoms with Gasteiger partial charge in [-0.3, -0.25) is 13.9 Å². The summed E-state index contributed by atoms with van der Waals surface area (Å²) in [7, 11) is -3.82. The minimum absolute atomic E-state index is 0.124. The summed E-state index contributed by atoms with van der Waals surface area (Å²) in [5, 5.41) is 4.99. The van der Waals surface area contributed by atoms with Gasteiger partial charge in [0.05, 0.1) is 11.9 Å². The molecule has 1 unspecified atom stereocenters. The van der Waals surface area contributed by atoms with Crippen LogP contribution >= 0.6 is 11.6 Å². The number of benzene rings is 3. The van der Waals surface area contributed by atoms with Crippen molar-refractivity contribution in [1.29, 1.82) is 0 Å². The van der Waals surface area contributed by atoms with Gasteiger partial charge in [0, 0.05) is 23.5 Å². The van der Waals surface area contributed by atoms with E-state index in [1.165, 1.54) is 4.90 Å². The predicted molar refractivity (Wildman–Crippen MR) is 145 cm³/mol. The minimum atomic E-state index is -3.82. The normalized spacial score (nSPS) is 12.4. The molecule has 0 aliphatic rings. The van der Waals surface area contributed by atoms with Crippen LogP contribution in [0.25, 0.3) is 10.8 Å². The van der Waals surface area contributed by atoms with Gasteiger partial charge in [-0.15, -0.1) is 0 Å². The lowest BCUT2D eigenvalue weighted by Crippen LogP contribution is -2.51. The Labute approximate surface area is 218 Å². The second-order valence-electron chi connectivity index (χ2n) is 9.23. The number of sulfonamides is 1. The van der Waals surface area contributed by atoms with E-state index in [9.17, 15) is 18.0 Å². The molecule has 0 fully saturated rings. The molecule has 0 aliphatic carbocycles. The van der Waals surface area contributed by atoms with Crippen molar-refractivity contribution in [3.8, 4) is 0 Å². The number of halogens is 1. The molecule has 0 spiro atoms. The molecule has 9 heteroatoms. The molecular weight excluding hydrogens is 498 g/mol. The van der Waals surface area contributed by atoms with Crippen molar-refractivity contribution in [2.24, 2.45) is 5.92 Å².